The Balaban J connectivity index is 0.808. The summed E-state index contributed by atoms with van der Waals surface area (Å²) < 4.78 is 0. The molecule has 1 heterocycles. The maximum absolute atomic E-state index is 5.25. The fraction of sp³-hybridized carbons (Fsp3) is 0.230. The Kier molecular flexibility index (Phi) is 9.15. The molecule has 0 amide bonds. The molecule has 1 fully saturated rings. The summed E-state index contributed by atoms with van der Waals surface area (Å²) in [5.74, 6) is 1.94. The predicted octanol–water partition coefficient (Wildman–Crippen LogP) is 15.0. The van der Waals surface area contributed by atoms with Crippen molar-refractivity contribution in [1.82, 2.24) is 5.32 Å². The zero-order valence-electron chi connectivity index (χ0n) is 36.4. The number of nitrogens with one attached hydrogen (secondary N) is 1. The number of fused-ring (bicyclic) bond motifs is 8. The van der Waals surface area contributed by atoms with Crippen molar-refractivity contribution < 1.29 is 0 Å². The number of aliphatic imine (C=N–C) groups is 1. The van der Waals surface area contributed by atoms with Gasteiger partial charge in [-0.2, -0.15) is 0 Å². The van der Waals surface area contributed by atoms with Crippen molar-refractivity contribution in [2.24, 2.45) is 10.9 Å². The Morgan fingerprint density at radius 1 is 0.540 bits per heavy atom. The van der Waals surface area contributed by atoms with Gasteiger partial charge in [0, 0.05) is 28.0 Å². The SMILES string of the molecule is CC1(C)C2=CC3c4ccccc4C4(CCCCC4)C3C=C2c2ccc(C3=CC=C(c4ccc(C5C=C(c6ccc(-c7ccccc7)cc6)NC(c6ccccc6)=N5)cc4)CC3)cc21. The Morgan fingerprint density at radius 2 is 1.16 bits per heavy atom. The highest BCUT2D eigenvalue weighted by Crippen LogP contribution is 2.64. The van der Waals surface area contributed by atoms with E-state index in [9.17, 15) is 0 Å². The van der Waals surface area contributed by atoms with E-state index in [1.165, 1.54) is 93.3 Å². The third kappa shape index (κ3) is 6.40. The summed E-state index contributed by atoms with van der Waals surface area (Å²) in [5.41, 5.74) is 21.9. The lowest BCUT2D eigenvalue weighted by Crippen LogP contribution is -2.35. The molecule has 3 unspecified atom stereocenters. The van der Waals surface area contributed by atoms with Gasteiger partial charge in [-0.15, -0.1) is 0 Å². The van der Waals surface area contributed by atoms with E-state index in [0.29, 0.717) is 17.3 Å². The zero-order valence-corrected chi connectivity index (χ0v) is 36.4. The first-order chi connectivity index (χ1) is 30.9. The monoisotopic (exact) mass is 814 g/mol. The molecule has 1 spiro atoms. The molecule has 6 aliphatic rings. The summed E-state index contributed by atoms with van der Waals surface area (Å²) in [6.07, 6.45) is 21.3. The second kappa shape index (κ2) is 15.1. The van der Waals surface area contributed by atoms with Gasteiger partial charge in [0.1, 0.15) is 5.84 Å². The van der Waals surface area contributed by atoms with Crippen LogP contribution in [0.25, 0.3) is 33.5 Å². The highest BCUT2D eigenvalue weighted by atomic mass is 15.0. The van der Waals surface area contributed by atoms with E-state index in [1.54, 1.807) is 11.1 Å². The van der Waals surface area contributed by atoms with Crippen LogP contribution < -0.4 is 5.32 Å². The van der Waals surface area contributed by atoms with Crippen LogP contribution in [-0.4, -0.2) is 5.84 Å². The van der Waals surface area contributed by atoms with Crippen molar-refractivity contribution in [1.29, 1.82) is 0 Å². The van der Waals surface area contributed by atoms with Crippen LogP contribution in [0.3, 0.4) is 0 Å². The van der Waals surface area contributed by atoms with Gasteiger partial charge in [-0.25, -0.2) is 0 Å². The molecule has 6 aromatic carbocycles. The van der Waals surface area contributed by atoms with Gasteiger partial charge in [-0.1, -0.05) is 203 Å². The van der Waals surface area contributed by atoms with Crippen molar-refractivity contribution >= 4 is 28.3 Å². The van der Waals surface area contributed by atoms with Crippen molar-refractivity contribution in [2.75, 3.05) is 0 Å². The van der Waals surface area contributed by atoms with Crippen molar-refractivity contribution in [3.8, 4) is 11.1 Å². The summed E-state index contributed by atoms with van der Waals surface area (Å²) in [6, 6.07) is 55.8. The highest BCUT2D eigenvalue weighted by molar-refractivity contribution is 6.05. The number of benzene rings is 6. The van der Waals surface area contributed by atoms with Crippen molar-refractivity contribution in [2.45, 2.75) is 81.6 Å². The summed E-state index contributed by atoms with van der Waals surface area (Å²) in [6.45, 7) is 4.93. The maximum Gasteiger partial charge on any atom is 0.133 e. The molecule has 0 saturated heterocycles. The quantitative estimate of drug-likeness (QED) is 0.178. The average Bonchev–Trinajstić information content (AvgIpc) is 3.74. The van der Waals surface area contributed by atoms with Crippen LogP contribution >= 0.6 is 0 Å². The van der Waals surface area contributed by atoms with Crippen molar-refractivity contribution in [3.05, 3.63) is 238 Å². The van der Waals surface area contributed by atoms with E-state index < -0.39 is 0 Å². The molecule has 2 nitrogen and oxygen atoms in total. The fourth-order valence-electron chi connectivity index (χ4n) is 12.3. The molecule has 0 bridgehead atoms. The van der Waals surface area contributed by atoms with Crippen molar-refractivity contribution in [3.63, 3.8) is 0 Å². The Morgan fingerprint density at radius 3 is 1.89 bits per heavy atom. The maximum atomic E-state index is 5.25. The second-order valence-electron chi connectivity index (χ2n) is 19.3. The van der Waals surface area contributed by atoms with Crippen LogP contribution in [0.15, 0.2) is 193 Å². The minimum atomic E-state index is -0.102. The van der Waals surface area contributed by atoms with Crippen LogP contribution in [0, 0.1) is 5.92 Å². The second-order valence-corrected chi connectivity index (χ2v) is 19.3. The van der Waals surface area contributed by atoms with Crippen LogP contribution in [0.1, 0.15) is 121 Å². The molecule has 0 aromatic heterocycles. The van der Waals surface area contributed by atoms with E-state index >= 15 is 0 Å². The van der Waals surface area contributed by atoms with E-state index in [0.717, 1.165) is 35.5 Å². The number of hydrogen-bond acceptors (Lipinski definition) is 2. The van der Waals surface area contributed by atoms with Gasteiger partial charge in [-0.3, -0.25) is 4.99 Å². The lowest BCUT2D eigenvalue weighted by molar-refractivity contribution is 0.233. The summed E-state index contributed by atoms with van der Waals surface area (Å²) >= 11 is 0. The third-order valence-electron chi connectivity index (χ3n) is 15.6. The minimum absolute atomic E-state index is 0.0272. The third-order valence-corrected chi connectivity index (χ3v) is 15.6. The average molecular weight is 815 g/mol. The number of allylic oxidation sites excluding steroid dienone is 8. The van der Waals surface area contributed by atoms with Gasteiger partial charge in [-0.05, 0) is 122 Å². The van der Waals surface area contributed by atoms with Crippen LogP contribution in [0.5, 0.6) is 0 Å². The zero-order chi connectivity index (χ0) is 42.1. The van der Waals surface area contributed by atoms with Gasteiger partial charge < -0.3 is 5.32 Å². The normalized spacial score (nSPS) is 22.5. The van der Waals surface area contributed by atoms with E-state index in [-0.39, 0.29) is 11.5 Å². The Bertz CT molecular complexity index is 2950. The summed E-state index contributed by atoms with van der Waals surface area (Å²) in [5, 5.41) is 3.67. The Hall–Kier alpha value is -6.51. The highest BCUT2D eigenvalue weighted by Gasteiger charge is 2.53. The van der Waals surface area contributed by atoms with E-state index in [4.69, 9.17) is 4.99 Å². The van der Waals surface area contributed by atoms with Gasteiger partial charge >= 0.3 is 0 Å². The van der Waals surface area contributed by atoms with Crippen LogP contribution in [0.2, 0.25) is 0 Å². The van der Waals surface area contributed by atoms with Gasteiger partial charge in [0.25, 0.3) is 0 Å². The number of rotatable bonds is 6. The fourth-order valence-corrected chi connectivity index (χ4v) is 12.3. The number of nitrogens with zero attached hydrogens (tertiary/aromatic N) is 1. The minimum Gasteiger partial charge on any atom is -0.340 e. The predicted molar refractivity (Wildman–Crippen MR) is 263 cm³/mol. The summed E-state index contributed by atoms with van der Waals surface area (Å²) in [7, 11) is 0. The van der Waals surface area contributed by atoms with Gasteiger partial charge in [0.2, 0.25) is 0 Å². The molecule has 6 aromatic rings. The molecule has 1 N–H and O–H groups in total. The summed E-state index contributed by atoms with van der Waals surface area (Å²) in [4.78, 5) is 5.25. The standard InChI is InChI=1S/C61H54N2/c1-60(2)54-36-48(32-33-50(54)51-38-56-52(37-55(51)60)49-18-10-11-19-53(49)61(56)34-12-5-13-35-61)44-22-20-42(21-23-44)43-26-30-46(31-27-43)58-39-57(62-59(63-58)47-16-8-4-9-17-47)45-28-24-41(25-29-45)40-14-6-3-7-15-40/h3-4,6-11,14-20,22,24-33,36-39,52,56,58H,5,12-13,21,23,34-35H2,1-2H3,(H,62,63). The Labute approximate surface area is 373 Å². The molecular formula is C61H54N2. The molecule has 12 rings (SSSR count). The lowest BCUT2D eigenvalue weighted by atomic mass is 9.62. The largest absolute Gasteiger partial charge is 0.340 e. The molecular weight excluding hydrogens is 761 g/mol. The van der Waals surface area contributed by atoms with E-state index in [2.05, 4.69) is 201 Å². The van der Waals surface area contributed by atoms with Gasteiger partial charge in [0.05, 0.1) is 6.04 Å². The molecule has 63 heavy (non-hydrogen) atoms. The topological polar surface area (TPSA) is 24.4 Å². The molecule has 1 saturated carbocycles. The number of amidine groups is 1. The van der Waals surface area contributed by atoms with E-state index in [1.807, 2.05) is 0 Å². The van der Waals surface area contributed by atoms with Gasteiger partial charge in [0.15, 0.2) is 0 Å². The lowest BCUT2D eigenvalue weighted by Gasteiger charge is -2.41. The molecule has 1 aliphatic heterocycles. The first kappa shape index (κ1) is 38.2. The molecule has 0 radical (unpaired) electrons. The first-order valence-electron chi connectivity index (χ1n) is 23.4. The molecule has 5 aliphatic carbocycles. The number of hydrogen-bond donors (Lipinski definition) is 1. The molecule has 3 atom stereocenters. The smallest absolute Gasteiger partial charge is 0.133 e. The van der Waals surface area contributed by atoms with Crippen LogP contribution in [0.4, 0.5) is 0 Å². The van der Waals surface area contributed by atoms with Crippen LogP contribution in [-0.2, 0) is 10.8 Å². The molecule has 2 heteroatoms. The first-order valence-corrected chi connectivity index (χ1v) is 23.4. The molecule has 308 valence electrons.